The molecule has 2 heterocycles. The van der Waals surface area contributed by atoms with E-state index in [-0.39, 0.29) is 17.7 Å². The fourth-order valence-corrected chi connectivity index (χ4v) is 2.62. The van der Waals surface area contributed by atoms with Gasteiger partial charge in [-0.3, -0.25) is 14.6 Å². The van der Waals surface area contributed by atoms with Crippen molar-refractivity contribution in [1.82, 2.24) is 4.98 Å². The Morgan fingerprint density at radius 1 is 1.25 bits per heavy atom. The second kappa shape index (κ2) is 4.89. The number of carbonyl (C=O) groups is 2. The number of nitrogens with zero attached hydrogens (tertiary/aromatic N) is 2. The van der Waals surface area contributed by atoms with Gasteiger partial charge in [0, 0.05) is 12.4 Å². The first-order valence-corrected chi connectivity index (χ1v) is 6.61. The van der Waals surface area contributed by atoms with E-state index in [0.717, 1.165) is 5.56 Å². The second-order valence-corrected chi connectivity index (χ2v) is 4.74. The van der Waals surface area contributed by atoms with Gasteiger partial charge in [0.1, 0.15) is 0 Å². The van der Waals surface area contributed by atoms with E-state index >= 15 is 0 Å². The number of aromatic nitrogens is 1. The molecular weight excluding hydrogens is 252 g/mol. The summed E-state index contributed by atoms with van der Waals surface area (Å²) in [7, 11) is 0. The minimum atomic E-state index is -0.313. The molecule has 4 nitrogen and oxygen atoms in total. The van der Waals surface area contributed by atoms with Crippen LogP contribution in [0.5, 0.6) is 0 Å². The molecule has 1 aliphatic heterocycles. The van der Waals surface area contributed by atoms with Crippen molar-refractivity contribution in [2.75, 3.05) is 4.90 Å². The monoisotopic (exact) mass is 266 g/mol. The summed E-state index contributed by atoms with van der Waals surface area (Å²) in [6.07, 6.45) is 3.77. The van der Waals surface area contributed by atoms with Gasteiger partial charge in [0.05, 0.1) is 17.2 Å². The van der Waals surface area contributed by atoms with E-state index in [9.17, 15) is 9.59 Å². The maximum absolute atomic E-state index is 12.5. The first-order chi connectivity index (χ1) is 9.74. The van der Waals surface area contributed by atoms with Gasteiger partial charge in [-0.25, -0.2) is 4.90 Å². The zero-order valence-electron chi connectivity index (χ0n) is 11.1. The number of fused-ring (bicyclic) bond motifs is 1. The van der Waals surface area contributed by atoms with Crippen molar-refractivity contribution in [2.45, 2.75) is 19.3 Å². The van der Waals surface area contributed by atoms with Crippen LogP contribution < -0.4 is 4.90 Å². The van der Waals surface area contributed by atoms with Crippen LogP contribution in [0.2, 0.25) is 0 Å². The predicted molar refractivity (Wildman–Crippen MR) is 75.5 cm³/mol. The fourth-order valence-electron chi connectivity index (χ4n) is 2.62. The molecular formula is C16H14N2O2. The summed E-state index contributed by atoms with van der Waals surface area (Å²) in [5.41, 5.74) is 2.04. The van der Waals surface area contributed by atoms with E-state index < -0.39 is 0 Å². The van der Waals surface area contributed by atoms with Crippen LogP contribution in [0.25, 0.3) is 0 Å². The molecule has 20 heavy (non-hydrogen) atoms. The summed E-state index contributed by atoms with van der Waals surface area (Å²) in [6, 6.07) is 10.8. The van der Waals surface area contributed by atoms with Gasteiger partial charge in [-0.2, -0.15) is 0 Å². The van der Waals surface area contributed by atoms with Crippen molar-refractivity contribution in [2.24, 2.45) is 0 Å². The lowest BCUT2D eigenvalue weighted by Gasteiger charge is -2.15. The third-order valence-corrected chi connectivity index (χ3v) is 3.59. The lowest BCUT2D eigenvalue weighted by Crippen LogP contribution is -2.35. The van der Waals surface area contributed by atoms with Gasteiger partial charge >= 0.3 is 0 Å². The van der Waals surface area contributed by atoms with E-state index in [1.807, 2.05) is 31.2 Å². The molecule has 1 aromatic heterocycles. The molecule has 0 N–H and O–H groups in total. The van der Waals surface area contributed by atoms with Gasteiger partial charge in [-0.1, -0.05) is 25.1 Å². The lowest BCUT2D eigenvalue weighted by atomic mass is 9.98. The Kier molecular flexibility index (Phi) is 3.06. The molecule has 1 aliphatic rings. The summed E-state index contributed by atoms with van der Waals surface area (Å²) in [4.78, 5) is 30.3. The number of hydrogen-bond acceptors (Lipinski definition) is 3. The number of amides is 2. The van der Waals surface area contributed by atoms with Crippen LogP contribution in [0, 0.1) is 0 Å². The molecule has 2 amide bonds. The molecule has 1 atom stereocenters. The number of imide groups is 1. The molecule has 2 aromatic rings. The van der Waals surface area contributed by atoms with Crippen LogP contribution in [0.4, 0.5) is 5.69 Å². The number of rotatable bonds is 2. The fraction of sp³-hybridized carbons (Fsp3) is 0.188. The van der Waals surface area contributed by atoms with Gasteiger partial charge in [-0.15, -0.1) is 0 Å². The molecule has 0 spiro atoms. The second-order valence-electron chi connectivity index (χ2n) is 4.74. The highest BCUT2D eigenvalue weighted by Gasteiger charge is 2.39. The maximum atomic E-state index is 12.5. The number of para-hydroxylation sites is 1. The normalized spacial score (nSPS) is 17.1. The summed E-state index contributed by atoms with van der Waals surface area (Å²) in [5, 5.41) is 0. The molecule has 3 rings (SSSR count). The topological polar surface area (TPSA) is 50.3 Å². The van der Waals surface area contributed by atoms with Crippen molar-refractivity contribution < 1.29 is 9.59 Å². The Morgan fingerprint density at radius 3 is 2.75 bits per heavy atom. The molecule has 100 valence electrons. The highest BCUT2D eigenvalue weighted by molar-refractivity contribution is 6.25. The van der Waals surface area contributed by atoms with Crippen LogP contribution in [0.15, 0.2) is 48.8 Å². The van der Waals surface area contributed by atoms with E-state index in [1.54, 1.807) is 18.3 Å². The maximum Gasteiger partial charge on any atom is 0.266 e. The summed E-state index contributed by atoms with van der Waals surface area (Å²) >= 11 is 0. The molecule has 4 heteroatoms. The average molecular weight is 266 g/mol. The van der Waals surface area contributed by atoms with Gasteiger partial charge in [0.25, 0.3) is 5.91 Å². The standard InChI is InChI=1S/C16H14N2O2/c1-2-12-13-7-3-4-8-14(13)18(16(12)20)15(19)11-6-5-9-17-10-11/h3-10,12H,2H2,1H3. The zero-order chi connectivity index (χ0) is 14.1. The first-order valence-electron chi connectivity index (χ1n) is 6.61. The Balaban J connectivity index is 2.07. The molecule has 0 saturated carbocycles. The highest BCUT2D eigenvalue weighted by Crippen LogP contribution is 2.39. The third-order valence-electron chi connectivity index (χ3n) is 3.59. The van der Waals surface area contributed by atoms with Gasteiger partial charge in [0.2, 0.25) is 5.91 Å². The number of anilines is 1. The van der Waals surface area contributed by atoms with Gasteiger partial charge in [0.15, 0.2) is 0 Å². The van der Waals surface area contributed by atoms with E-state index in [4.69, 9.17) is 0 Å². The Bertz CT molecular complexity index is 667. The predicted octanol–water partition coefficient (Wildman–Crippen LogP) is 2.76. The first kappa shape index (κ1) is 12.5. The van der Waals surface area contributed by atoms with Crippen molar-refractivity contribution in [1.29, 1.82) is 0 Å². The van der Waals surface area contributed by atoms with Crippen LogP contribution in [0.1, 0.15) is 35.2 Å². The van der Waals surface area contributed by atoms with Gasteiger partial charge in [-0.05, 0) is 30.2 Å². The molecule has 0 saturated heterocycles. The van der Waals surface area contributed by atoms with Crippen molar-refractivity contribution >= 4 is 17.5 Å². The Hall–Kier alpha value is -2.49. The largest absolute Gasteiger partial charge is 0.273 e. The zero-order valence-corrected chi connectivity index (χ0v) is 11.1. The van der Waals surface area contributed by atoms with Crippen LogP contribution in [-0.4, -0.2) is 16.8 Å². The van der Waals surface area contributed by atoms with Crippen molar-refractivity contribution in [3.8, 4) is 0 Å². The van der Waals surface area contributed by atoms with Crippen LogP contribution in [0.3, 0.4) is 0 Å². The molecule has 0 fully saturated rings. The third kappa shape index (κ3) is 1.81. The van der Waals surface area contributed by atoms with Gasteiger partial charge < -0.3 is 0 Å². The summed E-state index contributed by atoms with van der Waals surface area (Å²) < 4.78 is 0. The van der Waals surface area contributed by atoms with E-state index in [1.165, 1.54) is 11.1 Å². The van der Waals surface area contributed by atoms with Crippen molar-refractivity contribution in [3.05, 3.63) is 59.9 Å². The highest BCUT2D eigenvalue weighted by atomic mass is 16.2. The number of benzene rings is 1. The Morgan fingerprint density at radius 2 is 2.05 bits per heavy atom. The molecule has 1 unspecified atom stereocenters. The van der Waals surface area contributed by atoms with E-state index in [0.29, 0.717) is 17.7 Å². The SMILES string of the molecule is CCC1C(=O)N(C(=O)c2cccnc2)c2ccccc21. The average Bonchev–Trinajstić information content (AvgIpc) is 2.79. The van der Waals surface area contributed by atoms with E-state index in [2.05, 4.69) is 4.98 Å². The molecule has 0 radical (unpaired) electrons. The smallest absolute Gasteiger partial charge is 0.266 e. The van der Waals surface area contributed by atoms with Crippen LogP contribution in [-0.2, 0) is 4.79 Å². The summed E-state index contributed by atoms with van der Waals surface area (Å²) in [6.45, 7) is 1.96. The minimum Gasteiger partial charge on any atom is -0.273 e. The molecule has 0 bridgehead atoms. The lowest BCUT2D eigenvalue weighted by molar-refractivity contribution is -0.118. The number of hydrogen-bond donors (Lipinski definition) is 0. The quantitative estimate of drug-likeness (QED) is 0.785. The summed E-state index contributed by atoms with van der Waals surface area (Å²) in [5.74, 6) is -0.694. The number of pyridine rings is 1. The van der Waals surface area contributed by atoms with Crippen molar-refractivity contribution in [3.63, 3.8) is 0 Å². The number of carbonyl (C=O) groups excluding carboxylic acids is 2. The Labute approximate surface area is 117 Å². The molecule has 0 aliphatic carbocycles. The molecule has 1 aromatic carbocycles. The van der Waals surface area contributed by atoms with Crippen LogP contribution >= 0.6 is 0 Å². The minimum absolute atomic E-state index is 0.150.